The molecule has 2 N–H and O–H groups in total. The van der Waals surface area contributed by atoms with Crippen molar-refractivity contribution in [2.45, 2.75) is 9.79 Å². The molecule has 1 rings (SSSR count). The standard InChI is InChI=1S/C6H5Cl2NO4S2/c7-14(10,11)5-3-1-2-4(9)6(5)15(8,12)13/h1-3H,9H2. The van der Waals surface area contributed by atoms with Crippen molar-refractivity contribution in [2.75, 3.05) is 5.73 Å². The van der Waals surface area contributed by atoms with Crippen LogP contribution < -0.4 is 5.73 Å². The van der Waals surface area contributed by atoms with Crippen molar-refractivity contribution in [3.05, 3.63) is 18.2 Å². The lowest BCUT2D eigenvalue weighted by molar-refractivity contribution is 0.598. The number of nitrogen functional groups attached to an aromatic ring is 1. The molecule has 0 aliphatic heterocycles. The van der Waals surface area contributed by atoms with E-state index in [0.29, 0.717) is 0 Å². The summed E-state index contributed by atoms with van der Waals surface area (Å²) in [6.45, 7) is 0. The summed E-state index contributed by atoms with van der Waals surface area (Å²) in [5.41, 5.74) is 5.05. The minimum absolute atomic E-state index is 0.272. The van der Waals surface area contributed by atoms with Crippen LogP contribution in [-0.2, 0) is 18.1 Å². The Morgan fingerprint density at radius 2 is 1.53 bits per heavy atom. The Labute approximate surface area is 95.6 Å². The smallest absolute Gasteiger partial charge is 0.264 e. The normalized spacial score (nSPS) is 12.7. The minimum Gasteiger partial charge on any atom is -0.398 e. The summed E-state index contributed by atoms with van der Waals surface area (Å²) in [5.74, 6) is 0. The maximum Gasteiger partial charge on any atom is 0.264 e. The topological polar surface area (TPSA) is 94.3 Å². The van der Waals surface area contributed by atoms with Gasteiger partial charge in [-0.15, -0.1) is 0 Å². The lowest BCUT2D eigenvalue weighted by Crippen LogP contribution is -2.05. The Kier molecular flexibility index (Phi) is 3.20. The zero-order chi connectivity index (χ0) is 11.9. The van der Waals surface area contributed by atoms with Crippen molar-refractivity contribution < 1.29 is 16.8 Å². The van der Waals surface area contributed by atoms with Gasteiger partial charge in [-0.25, -0.2) is 16.8 Å². The molecule has 0 saturated carbocycles. The van der Waals surface area contributed by atoms with Crippen LogP contribution in [0, 0.1) is 0 Å². The molecule has 1 aromatic rings. The van der Waals surface area contributed by atoms with Crippen LogP contribution in [0.15, 0.2) is 28.0 Å². The number of benzene rings is 1. The first-order valence-corrected chi connectivity index (χ1v) is 8.03. The van der Waals surface area contributed by atoms with Crippen LogP contribution in [0.3, 0.4) is 0 Å². The average molecular weight is 290 g/mol. The second kappa shape index (κ2) is 3.82. The first kappa shape index (κ1) is 12.6. The first-order valence-electron chi connectivity index (χ1n) is 3.42. The molecule has 0 aliphatic carbocycles. The molecule has 0 atom stereocenters. The maximum absolute atomic E-state index is 11.1. The molecular weight excluding hydrogens is 285 g/mol. The van der Waals surface area contributed by atoms with E-state index < -0.39 is 27.9 Å². The zero-order valence-electron chi connectivity index (χ0n) is 7.01. The number of nitrogens with two attached hydrogens (primary N) is 1. The van der Waals surface area contributed by atoms with Crippen molar-refractivity contribution >= 4 is 45.2 Å². The van der Waals surface area contributed by atoms with Crippen molar-refractivity contribution in [2.24, 2.45) is 0 Å². The molecule has 0 radical (unpaired) electrons. The Balaban J connectivity index is 3.79. The van der Waals surface area contributed by atoms with E-state index in [1.807, 2.05) is 0 Å². The summed E-state index contributed by atoms with van der Waals surface area (Å²) in [6.07, 6.45) is 0. The van der Waals surface area contributed by atoms with Gasteiger partial charge in [0.05, 0.1) is 5.69 Å². The highest BCUT2D eigenvalue weighted by atomic mass is 35.7. The molecule has 0 bridgehead atoms. The Morgan fingerprint density at radius 1 is 1.00 bits per heavy atom. The third kappa shape index (κ3) is 2.75. The van der Waals surface area contributed by atoms with Gasteiger partial charge in [0.25, 0.3) is 18.1 Å². The largest absolute Gasteiger partial charge is 0.398 e. The van der Waals surface area contributed by atoms with E-state index >= 15 is 0 Å². The lowest BCUT2D eigenvalue weighted by Gasteiger charge is -2.05. The van der Waals surface area contributed by atoms with E-state index in [-0.39, 0.29) is 5.69 Å². The fraction of sp³-hybridized carbons (Fsp3) is 0. The van der Waals surface area contributed by atoms with E-state index in [9.17, 15) is 16.8 Å². The molecule has 84 valence electrons. The molecule has 1 aromatic carbocycles. The summed E-state index contributed by atoms with van der Waals surface area (Å²) < 4.78 is 44.2. The Morgan fingerprint density at radius 3 is 1.87 bits per heavy atom. The number of anilines is 1. The molecule has 5 nitrogen and oxygen atoms in total. The van der Waals surface area contributed by atoms with Gasteiger partial charge in [0, 0.05) is 21.4 Å². The van der Waals surface area contributed by atoms with Crippen LogP contribution in [0.4, 0.5) is 5.69 Å². The van der Waals surface area contributed by atoms with Gasteiger partial charge < -0.3 is 5.73 Å². The van der Waals surface area contributed by atoms with Gasteiger partial charge in [0.15, 0.2) is 0 Å². The summed E-state index contributed by atoms with van der Waals surface area (Å²) in [6, 6.07) is 3.48. The van der Waals surface area contributed by atoms with Crippen LogP contribution in [0.1, 0.15) is 0 Å². The highest BCUT2D eigenvalue weighted by Gasteiger charge is 2.25. The molecule has 0 spiro atoms. The molecule has 0 aliphatic rings. The molecule has 0 fully saturated rings. The van der Waals surface area contributed by atoms with Crippen molar-refractivity contribution in [3.8, 4) is 0 Å². The quantitative estimate of drug-likeness (QED) is 0.650. The predicted molar refractivity (Wildman–Crippen MR) is 56.9 cm³/mol. The molecule has 0 saturated heterocycles. The maximum atomic E-state index is 11.1. The molecule has 9 heteroatoms. The first-order chi connectivity index (χ1) is 6.64. The van der Waals surface area contributed by atoms with Crippen molar-refractivity contribution in [1.82, 2.24) is 0 Å². The third-order valence-corrected chi connectivity index (χ3v) is 4.42. The van der Waals surface area contributed by atoms with Gasteiger partial charge in [-0.2, -0.15) is 0 Å². The molecular formula is C6H5Cl2NO4S2. The fourth-order valence-electron chi connectivity index (χ4n) is 0.986. The van der Waals surface area contributed by atoms with Crippen LogP contribution in [0.5, 0.6) is 0 Å². The van der Waals surface area contributed by atoms with Crippen molar-refractivity contribution in [3.63, 3.8) is 0 Å². The summed E-state index contributed by atoms with van der Waals surface area (Å²) in [7, 11) is 1.61. The van der Waals surface area contributed by atoms with Gasteiger partial charge in [0.2, 0.25) is 0 Å². The second-order valence-corrected chi connectivity index (χ2v) is 7.59. The van der Waals surface area contributed by atoms with Gasteiger partial charge in [-0.3, -0.25) is 0 Å². The van der Waals surface area contributed by atoms with Gasteiger partial charge >= 0.3 is 0 Å². The minimum atomic E-state index is -4.26. The summed E-state index contributed by atoms with van der Waals surface area (Å²) >= 11 is 0. The number of rotatable bonds is 2. The van der Waals surface area contributed by atoms with Crippen LogP contribution in [0.25, 0.3) is 0 Å². The van der Waals surface area contributed by atoms with Gasteiger partial charge in [-0.1, -0.05) is 6.07 Å². The van der Waals surface area contributed by atoms with E-state index in [0.717, 1.165) is 6.07 Å². The summed E-state index contributed by atoms with van der Waals surface area (Å²) in [4.78, 5) is -1.32. The molecule has 15 heavy (non-hydrogen) atoms. The molecule has 0 aromatic heterocycles. The monoisotopic (exact) mass is 289 g/mol. The van der Waals surface area contributed by atoms with Gasteiger partial charge in [-0.05, 0) is 12.1 Å². The van der Waals surface area contributed by atoms with E-state index in [2.05, 4.69) is 0 Å². The Hall–Kier alpha value is -0.500. The van der Waals surface area contributed by atoms with Crippen LogP contribution >= 0.6 is 21.4 Å². The van der Waals surface area contributed by atoms with Crippen molar-refractivity contribution in [1.29, 1.82) is 0 Å². The van der Waals surface area contributed by atoms with Crippen LogP contribution in [0.2, 0.25) is 0 Å². The van der Waals surface area contributed by atoms with E-state index in [4.69, 9.17) is 27.1 Å². The third-order valence-electron chi connectivity index (χ3n) is 1.52. The molecule has 0 heterocycles. The second-order valence-electron chi connectivity index (χ2n) is 2.55. The van der Waals surface area contributed by atoms with E-state index in [1.165, 1.54) is 12.1 Å². The lowest BCUT2D eigenvalue weighted by atomic mass is 10.3. The molecule has 0 unspecified atom stereocenters. The number of hydrogen-bond acceptors (Lipinski definition) is 5. The molecule has 0 amide bonds. The Bertz CT molecular complexity index is 594. The van der Waals surface area contributed by atoms with Crippen LogP contribution in [-0.4, -0.2) is 16.8 Å². The predicted octanol–water partition coefficient (Wildman–Crippen LogP) is 1.12. The summed E-state index contributed by atoms with van der Waals surface area (Å²) in [5, 5.41) is 0. The van der Waals surface area contributed by atoms with E-state index in [1.54, 1.807) is 0 Å². The SMILES string of the molecule is Nc1cccc(S(=O)(=O)Cl)c1S(=O)(=O)Cl. The number of halogens is 2. The fourth-order valence-corrected chi connectivity index (χ4v) is 4.06. The van der Waals surface area contributed by atoms with Gasteiger partial charge in [0.1, 0.15) is 9.79 Å². The zero-order valence-corrected chi connectivity index (χ0v) is 10.2. The highest BCUT2D eigenvalue weighted by Crippen LogP contribution is 2.31. The number of hydrogen-bond donors (Lipinski definition) is 1. The average Bonchev–Trinajstić information content (AvgIpc) is 1.99. The highest BCUT2D eigenvalue weighted by molar-refractivity contribution is 8.16.